The van der Waals surface area contributed by atoms with Crippen LogP contribution in [0.3, 0.4) is 0 Å². The van der Waals surface area contributed by atoms with Crippen LogP contribution in [0.4, 0.5) is 5.69 Å². The maximum atomic E-state index is 13.3. The van der Waals surface area contributed by atoms with Gasteiger partial charge in [0.15, 0.2) is 0 Å². The van der Waals surface area contributed by atoms with Gasteiger partial charge in [0.25, 0.3) is 0 Å². The molecular weight excluding hydrogens is 723 g/mol. The van der Waals surface area contributed by atoms with Crippen molar-refractivity contribution < 1.29 is 18.3 Å². The van der Waals surface area contributed by atoms with Gasteiger partial charge in [-0.05, 0) is 65.6 Å². The number of fused-ring (bicyclic) bond motifs is 3. The van der Waals surface area contributed by atoms with E-state index >= 15 is 0 Å². The lowest BCUT2D eigenvalue weighted by Crippen LogP contribution is -2.25. The van der Waals surface area contributed by atoms with Crippen molar-refractivity contribution in [2.45, 2.75) is 39.5 Å². The van der Waals surface area contributed by atoms with Crippen molar-refractivity contribution in [2.75, 3.05) is 32.2 Å². The molecule has 0 N–H and O–H groups in total. The number of hydrogen-bond donors (Lipinski definition) is 0. The minimum atomic E-state index is -0.448. The molecule has 0 amide bonds. The number of ether oxygens (including phenoxy) is 2. The summed E-state index contributed by atoms with van der Waals surface area (Å²) in [5.41, 5.74) is 5.01. The Bertz CT molecular complexity index is 2820. The summed E-state index contributed by atoms with van der Waals surface area (Å²) in [6.07, 6.45) is 7.79. The summed E-state index contributed by atoms with van der Waals surface area (Å²) in [4.78, 5) is 40.1. The van der Waals surface area contributed by atoms with Gasteiger partial charge < -0.3 is 23.2 Å². The van der Waals surface area contributed by atoms with E-state index < -0.39 is 11.3 Å². The molecule has 0 saturated heterocycles. The Morgan fingerprint density at radius 3 is 1.95 bits per heavy atom. The summed E-state index contributed by atoms with van der Waals surface area (Å²) >= 11 is 1.51. The summed E-state index contributed by atoms with van der Waals surface area (Å²) in [5.74, 6) is 1.10. The van der Waals surface area contributed by atoms with Crippen LogP contribution >= 0.6 is 11.3 Å². The highest BCUT2D eigenvalue weighted by molar-refractivity contribution is 7.18. The zero-order valence-corrected chi connectivity index (χ0v) is 32.6. The highest BCUT2D eigenvalue weighted by Gasteiger charge is 2.18. The minimum Gasteiger partial charge on any atom is -0.496 e. The van der Waals surface area contributed by atoms with Gasteiger partial charge in [0, 0.05) is 57.7 Å². The smallest absolute Gasteiger partial charge is 0.345 e. The van der Waals surface area contributed by atoms with Crippen LogP contribution in [0.15, 0.2) is 122 Å². The average Bonchev–Trinajstić information content (AvgIpc) is 3.72. The molecule has 0 radical (unpaired) electrons. The standard InChI is InChI=1S/C46H41N3O6S/c1-5-7-19-49(20-8-6-2)29-14-13-28-21-35(45(50)54-40(28)22-29)39-27-47-38(26-48-39)33-15-16-34(32-12-10-9-11-31(32)33)43-17-18-44(56-43)37-25-36-41(53-4)23-30(52-3)24-42(36)55-46(37)51/h9-18,21-27H,5-8,19-20H2,1-4H3. The predicted octanol–water partition coefficient (Wildman–Crippen LogP) is 11.0. The molecule has 0 aliphatic carbocycles. The van der Waals surface area contributed by atoms with Gasteiger partial charge in [0.1, 0.15) is 22.7 Å². The van der Waals surface area contributed by atoms with Gasteiger partial charge in [0.2, 0.25) is 0 Å². The van der Waals surface area contributed by atoms with Gasteiger partial charge in [-0.3, -0.25) is 9.97 Å². The highest BCUT2D eigenvalue weighted by Crippen LogP contribution is 2.41. The molecule has 4 aromatic carbocycles. The predicted molar refractivity (Wildman–Crippen MR) is 226 cm³/mol. The zero-order chi connectivity index (χ0) is 38.8. The number of nitrogens with zero attached hydrogens (tertiary/aromatic N) is 3. The van der Waals surface area contributed by atoms with Crippen molar-refractivity contribution in [1.29, 1.82) is 0 Å². The fourth-order valence-corrected chi connectivity index (χ4v) is 8.18. The molecule has 56 heavy (non-hydrogen) atoms. The van der Waals surface area contributed by atoms with Crippen LogP contribution in [-0.2, 0) is 0 Å². The number of benzene rings is 4. The van der Waals surface area contributed by atoms with Gasteiger partial charge in [-0.15, -0.1) is 11.3 Å². The monoisotopic (exact) mass is 763 g/mol. The number of unbranched alkanes of at least 4 members (excludes halogenated alkanes) is 2. The molecule has 282 valence electrons. The summed E-state index contributed by atoms with van der Waals surface area (Å²) in [7, 11) is 3.13. The molecule has 10 heteroatoms. The summed E-state index contributed by atoms with van der Waals surface area (Å²) < 4.78 is 22.5. The van der Waals surface area contributed by atoms with E-state index in [1.54, 1.807) is 38.7 Å². The maximum absolute atomic E-state index is 13.3. The summed E-state index contributed by atoms with van der Waals surface area (Å²) in [5, 5.41) is 3.54. The highest BCUT2D eigenvalue weighted by atomic mass is 32.1. The first-order valence-electron chi connectivity index (χ1n) is 18.9. The van der Waals surface area contributed by atoms with Gasteiger partial charge in [-0.2, -0.15) is 0 Å². The molecule has 9 nitrogen and oxygen atoms in total. The molecule has 8 aromatic rings. The van der Waals surface area contributed by atoms with Crippen LogP contribution in [0.5, 0.6) is 11.5 Å². The Labute approximate surface area is 327 Å². The zero-order valence-electron chi connectivity index (χ0n) is 31.8. The molecule has 8 rings (SSSR count). The molecule has 0 saturated carbocycles. The average molecular weight is 764 g/mol. The van der Waals surface area contributed by atoms with E-state index in [0.717, 1.165) is 81.5 Å². The minimum absolute atomic E-state index is 0.366. The topological polar surface area (TPSA) is 108 Å². The van der Waals surface area contributed by atoms with Crippen LogP contribution in [-0.4, -0.2) is 37.3 Å². The number of methoxy groups -OCH3 is 2. The van der Waals surface area contributed by atoms with Crippen LogP contribution < -0.4 is 25.6 Å². The van der Waals surface area contributed by atoms with E-state index in [1.165, 1.54) is 11.3 Å². The number of anilines is 1. The number of hydrogen-bond acceptors (Lipinski definition) is 10. The van der Waals surface area contributed by atoms with Gasteiger partial charge in [0.05, 0.1) is 54.5 Å². The van der Waals surface area contributed by atoms with Gasteiger partial charge >= 0.3 is 11.3 Å². The SMILES string of the molecule is CCCCN(CCCC)c1ccc2cc(-c3cnc(-c4ccc(-c5ccc(-c6cc7c(OC)cc(OC)cc7oc6=O)s5)c5ccccc45)cn3)c(=O)oc2c1. The van der Waals surface area contributed by atoms with Crippen molar-refractivity contribution in [3.05, 3.63) is 124 Å². The van der Waals surface area contributed by atoms with Crippen molar-refractivity contribution >= 4 is 49.7 Å². The molecule has 4 heterocycles. The van der Waals surface area contributed by atoms with Crippen LogP contribution in [0.1, 0.15) is 39.5 Å². The normalized spacial score (nSPS) is 11.4. The molecule has 0 spiro atoms. The van der Waals surface area contributed by atoms with E-state index in [0.29, 0.717) is 50.6 Å². The third kappa shape index (κ3) is 7.04. The lowest BCUT2D eigenvalue weighted by atomic mass is 9.97. The van der Waals surface area contributed by atoms with Crippen molar-refractivity contribution in [3.63, 3.8) is 0 Å². The lowest BCUT2D eigenvalue weighted by molar-refractivity contribution is 0.396. The van der Waals surface area contributed by atoms with Crippen molar-refractivity contribution in [2.24, 2.45) is 0 Å². The fraction of sp³-hybridized carbons (Fsp3) is 0.217. The van der Waals surface area contributed by atoms with Crippen LogP contribution in [0.25, 0.3) is 76.1 Å². The van der Waals surface area contributed by atoms with Crippen molar-refractivity contribution in [3.8, 4) is 54.9 Å². The Hall–Kier alpha value is -6.26. The number of rotatable bonds is 13. The van der Waals surface area contributed by atoms with E-state index in [4.69, 9.17) is 28.3 Å². The molecule has 0 unspecified atom stereocenters. The Morgan fingerprint density at radius 1 is 0.625 bits per heavy atom. The van der Waals surface area contributed by atoms with E-state index in [1.807, 2.05) is 54.6 Å². The third-order valence-electron chi connectivity index (χ3n) is 10.2. The van der Waals surface area contributed by atoms with Crippen LogP contribution in [0.2, 0.25) is 0 Å². The Kier molecular flexibility index (Phi) is 10.4. The largest absolute Gasteiger partial charge is 0.496 e. The number of thiophene rings is 1. The molecule has 0 atom stereocenters. The van der Waals surface area contributed by atoms with Gasteiger partial charge in [-0.25, -0.2) is 9.59 Å². The first-order chi connectivity index (χ1) is 27.4. The molecule has 0 bridgehead atoms. The van der Waals surface area contributed by atoms with Gasteiger partial charge in [-0.1, -0.05) is 63.1 Å². The molecule has 0 aliphatic rings. The second kappa shape index (κ2) is 15.8. The Morgan fingerprint density at radius 2 is 1.27 bits per heavy atom. The van der Waals surface area contributed by atoms with E-state index in [-0.39, 0.29) is 0 Å². The second-order valence-electron chi connectivity index (χ2n) is 13.7. The first kappa shape index (κ1) is 36.7. The maximum Gasteiger partial charge on any atom is 0.345 e. The first-order valence-corrected chi connectivity index (χ1v) is 19.7. The van der Waals surface area contributed by atoms with Crippen molar-refractivity contribution in [1.82, 2.24) is 9.97 Å². The Balaban J connectivity index is 1.09. The fourth-order valence-electron chi connectivity index (χ4n) is 7.13. The quantitative estimate of drug-likeness (QED) is 0.106. The molecule has 0 aliphatic heterocycles. The number of aromatic nitrogens is 2. The second-order valence-corrected chi connectivity index (χ2v) is 14.8. The lowest BCUT2D eigenvalue weighted by Gasteiger charge is -2.24. The third-order valence-corrected chi connectivity index (χ3v) is 11.3. The molecular formula is C46H41N3O6S. The summed E-state index contributed by atoms with van der Waals surface area (Å²) in [6, 6.07) is 29.4. The van der Waals surface area contributed by atoms with Crippen LogP contribution in [0, 0.1) is 0 Å². The molecule has 4 aromatic heterocycles. The summed E-state index contributed by atoms with van der Waals surface area (Å²) in [6.45, 7) is 6.33. The molecule has 0 fully saturated rings. The van der Waals surface area contributed by atoms with E-state index in [9.17, 15) is 9.59 Å². The van der Waals surface area contributed by atoms with E-state index in [2.05, 4.69) is 43.0 Å².